The molecular weight excluding hydrogens is 380 g/mol. The van der Waals surface area contributed by atoms with E-state index < -0.39 is 17.6 Å². The summed E-state index contributed by atoms with van der Waals surface area (Å²) in [4.78, 5) is 34.5. The van der Waals surface area contributed by atoms with E-state index in [4.69, 9.17) is 9.57 Å². The molecule has 3 fully saturated rings. The van der Waals surface area contributed by atoms with E-state index >= 15 is 0 Å². The third kappa shape index (κ3) is 2.74. The third-order valence-electron chi connectivity index (χ3n) is 6.77. The summed E-state index contributed by atoms with van der Waals surface area (Å²) in [5.74, 6) is -0.251. The van der Waals surface area contributed by atoms with Gasteiger partial charge in [0, 0.05) is 0 Å². The molecule has 2 heterocycles. The summed E-state index contributed by atoms with van der Waals surface area (Å²) in [5, 5.41) is 1.89. The average molecular weight is 406 g/mol. The molecule has 6 nitrogen and oxygen atoms in total. The molecule has 1 aliphatic carbocycles. The van der Waals surface area contributed by atoms with Gasteiger partial charge in [-0.1, -0.05) is 37.0 Å². The number of amides is 2. The molecule has 2 aliphatic heterocycles. The van der Waals surface area contributed by atoms with E-state index in [1.807, 2.05) is 36.3 Å². The highest BCUT2D eigenvalue weighted by molar-refractivity contribution is 6.24. The maximum Gasteiger partial charge on any atom is 0.266 e. The summed E-state index contributed by atoms with van der Waals surface area (Å²) < 4.78 is 5.20. The molecule has 2 aromatic carbocycles. The van der Waals surface area contributed by atoms with Crippen LogP contribution in [0.25, 0.3) is 0 Å². The third-order valence-corrected chi connectivity index (χ3v) is 6.77. The van der Waals surface area contributed by atoms with Gasteiger partial charge in [0.05, 0.1) is 24.0 Å². The van der Waals surface area contributed by atoms with Gasteiger partial charge in [-0.05, 0) is 56.2 Å². The van der Waals surface area contributed by atoms with Crippen molar-refractivity contribution in [3.63, 3.8) is 0 Å². The van der Waals surface area contributed by atoms with Crippen LogP contribution in [0.2, 0.25) is 0 Å². The Hall–Kier alpha value is -2.86. The van der Waals surface area contributed by atoms with Gasteiger partial charge in [0.25, 0.3) is 5.91 Å². The molecule has 30 heavy (non-hydrogen) atoms. The van der Waals surface area contributed by atoms with E-state index in [0.29, 0.717) is 11.4 Å². The molecule has 1 saturated carbocycles. The normalized spacial score (nSPS) is 25.1. The number of imide groups is 1. The number of hydrogen-bond acceptors (Lipinski definition) is 5. The number of carbonyl (C=O) groups excluding carboxylic acids is 2. The molecule has 0 radical (unpaired) electrons. The number of aryl methyl sites for hydroxylation is 1. The van der Waals surface area contributed by atoms with Crippen LogP contribution >= 0.6 is 0 Å². The van der Waals surface area contributed by atoms with Gasteiger partial charge in [-0.2, -0.15) is 0 Å². The molecule has 2 aromatic rings. The van der Waals surface area contributed by atoms with E-state index in [1.54, 1.807) is 31.4 Å². The molecule has 156 valence electrons. The largest absolute Gasteiger partial charge is 0.497 e. The predicted molar refractivity (Wildman–Crippen MR) is 113 cm³/mol. The maximum atomic E-state index is 13.6. The Bertz CT molecular complexity index is 964. The molecule has 5 rings (SSSR count). The van der Waals surface area contributed by atoms with Crippen LogP contribution in [0.5, 0.6) is 5.75 Å². The second kappa shape index (κ2) is 7.13. The van der Waals surface area contributed by atoms with Crippen molar-refractivity contribution in [2.45, 2.75) is 50.7 Å². The molecular formula is C24H26N2O4. The van der Waals surface area contributed by atoms with Gasteiger partial charge in [0.1, 0.15) is 11.7 Å². The number of carbonyl (C=O) groups is 2. The quantitative estimate of drug-likeness (QED) is 0.721. The summed E-state index contributed by atoms with van der Waals surface area (Å²) in [7, 11) is 1.59. The Morgan fingerprint density at radius 1 is 0.900 bits per heavy atom. The van der Waals surface area contributed by atoms with Crippen molar-refractivity contribution in [1.29, 1.82) is 0 Å². The van der Waals surface area contributed by atoms with E-state index in [-0.39, 0.29) is 11.8 Å². The molecule has 2 saturated heterocycles. The number of hydrogen-bond donors (Lipinski definition) is 0. The second-order valence-corrected chi connectivity index (χ2v) is 8.51. The number of methoxy groups -OCH3 is 1. The summed E-state index contributed by atoms with van der Waals surface area (Å²) >= 11 is 0. The first-order valence-corrected chi connectivity index (χ1v) is 10.6. The average Bonchev–Trinajstić information content (AvgIpc) is 3.22. The highest BCUT2D eigenvalue weighted by atomic mass is 16.7. The fraction of sp³-hybridized carbons (Fsp3) is 0.417. The van der Waals surface area contributed by atoms with Crippen LogP contribution < -0.4 is 14.7 Å². The van der Waals surface area contributed by atoms with Gasteiger partial charge in [-0.3, -0.25) is 14.4 Å². The van der Waals surface area contributed by atoms with Crippen molar-refractivity contribution in [1.82, 2.24) is 0 Å². The lowest BCUT2D eigenvalue weighted by Gasteiger charge is -2.43. The molecule has 0 bridgehead atoms. The SMILES string of the molecule is COc1ccc(N2C(=O)[C@H]3ON(c4ccc(C)cc4)C4(CCCCC4)[C@H]3C2=O)cc1. The lowest BCUT2D eigenvalue weighted by Crippen LogP contribution is -2.53. The van der Waals surface area contributed by atoms with Gasteiger partial charge in [-0.25, -0.2) is 9.96 Å². The van der Waals surface area contributed by atoms with Crippen LogP contribution in [0.3, 0.4) is 0 Å². The highest BCUT2D eigenvalue weighted by Crippen LogP contribution is 2.52. The van der Waals surface area contributed by atoms with Crippen molar-refractivity contribution >= 4 is 23.2 Å². The van der Waals surface area contributed by atoms with Crippen LogP contribution in [-0.2, 0) is 14.4 Å². The summed E-state index contributed by atoms with van der Waals surface area (Å²) in [5.41, 5.74) is 2.16. The number of anilines is 2. The lowest BCUT2D eigenvalue weighted by atomic mass is 9.71. The van der Waals surface area contributed by atoms with Crippen LogP contribution in [0.15, 0.2) is 48.5 Å². The van der Waals surface area contributed by atoms with Gasteiger partial charge in [0.2, 0.25) is 5.91 Å². The molecule has 3 aliphatic rings. The molecule has 1 spiro atoms. The number of ether oxygens (including phenoxy) is 1. The van der Waals surface area contributed by atoms with Gasteiger partial charge in [-0.15, -0.1) is 0 Å². The zero-order valence-corrected chi connectivity index (χ0v) is 17.3. The van der Waals surface area contributed by atoms with Crippen molar-refractivity contribution < 1.29 is 19.2 Å². The number of nitrogens with zero attached hydrogens (tertiary/aromatic N) is 2. The van der Waals surface area contributed by atoms with E-state index in [2.05, 4.69) is 0 Å². The van der Waals surface area contributed by atoms with Crippen molar-refractivity contribution in [2.24, 2.45) is 5.92 Å². The van der Waals surface area contributed by atoms with E-state index in [1.165, 1.54) is 4.90 Å². The second-order valence-electron chi connectivity index (χ2n) is 8.51. The van der Waals surface area contributed by atoms with E-state index in [9.17, 15) is 9.59 Å². The lowest BCUT2D eigenvalue weighted by molar-refractivity contribution is -0.126. The fourth-order valence-corrected chi connectivity index (χ4v) is 5.27. The molecule has 6 heteroatoms. The first-order chi connectivity index (χ1) is 14.5. The van der Waals surface area contributed by atoms with Crippen molar-refractivity contribution in [3.8, 4) is 5.75 Å². The highest BCUT2D eigenvalue weighted by Gasteiger charge is 2.66. The molecule has 0 unspecified atom stereocenters. The number of benzene rings is 2. The predicted octanol–water partition coefficient (Wildman–Crippen LogP) is 4.02. The van der Waals surface area contributed by atoms with Crippen LogP contribution in [0.4, 0.5) is 11.4 Å². The Kier molecular flexibility index (Phi) is 4.54. The number of hydroxylamine groups is 1. The first-order valence-electron chi connectivity index (χ1n) is 10.6. The van der Waals surface area contributed by atoms with Gasteiger partial charge >= 0.3 is 0 Å². The summed E-state index contributed by atoms with van der Waals surface area (Å²) in [6, 6.07) is 15.1. The first kappa shape index (κ1) is 19.1. The fourth-order valence-electron chi connectivity index (χ4n) is 5.27. The number of fused-ring (bicyclic) bond motifs is 2. The smallest absolute Gasteiger partial charge is 0.266 e. The Morgan fingerprint density at radius 2 is 1.53 bits per heavy atom. The van der Waals surface area contributed by atoms with Crippen LogP contribution in [-0.4, -0.2) is 30.6 Å². The van der Waals surface area contributed by atoms with Crippen LogP contribution in [0.1, 0.15) is 37.7 Å². The summed E-state index contributed by atoms with van der Waals surface area (Å²) in [6.45, 7) is 2.04. The monoisotopic (exact) mass is 406 g/mol. The van der Waals surface area contributed by atoms with E-state index in [0.717, 1.165) is 43.4 Å². The molecule has 0 aromatic heterocycles. The zero-order chi connectivity index (χ0) is 20.9. The minimum absolute atomic E-state index is 0.160. The summed E-state index contributed by atoms with van der Waals surface area (Å²) in [6.07, 6.45) is 4.11. The Labute approximate surface area is 176 Å². The van der Waals surface area contributed by atoms with Crippen molar-refractivity contribution in [3.05, 3.63) is 54.1 Å². The Morgan fingerprint density at radius 3 is 2.17 bits per heavy atom. The standard InChI is InChI=1S/C24H26N2O4/c1-16-6-8-18(9-7-16)26-24(14-4-3-5-15-24)20-21(30-26)23(28)25(22(20)27)17-10-12-19(29-2)13-11-17/h6-13,20-21H,3-5,14-15H2,1-2H3/t20-,21+/m1/s1. The topological polar surface area (TPSA) is 59.1 Å². The maximum absolute atomic E-state index is 13.6. The minimum atomic E-state index is -0.779. The number of rotatable bonds is 3. The Balaban J connectivity index is 1.53. The van der Waals surface area contributed by atoms with Crippen LogP contribution in [0, 0.1) is 12.8 Å². The molecule has 0 N–H and O–H groups in total. The zero-order valence-electron chi connectivity index (χ0n) is 17.3. The molecule has 2 atom stereocenters. The van der Waals surface area contributed by atoms with Gasteiger partial charge in [0.15, 0.2) is 6.10 Å². The molecule has 2 amide bonds. The minimum Gasteiger partial charge on any atom is -0.497 e. The van der Waals surface area contributed by atoms with Crippen molar-refractivity contribution in [2.75, 3.05) is 17.1 Å². The van der Waals surface area contributed by atoms with Gasteiger partial charge < -0.3 is 4.74 Å².